The van der Waals surface area contributed by atoms with Crippen molar-refractivity contribution < 1.29 is 19.5 Å². The number of rotatable bonds is 6. The van der Waals surface area contributed by atoms with Crippen LogP contribution >= 0.6 is 0 Å². The van der Waals surface area contributed by atoms with E-state index in [1.165, 1.54) is 0 Å². The van der Waals surface area contributed by atoms with Gasteiger partial charge in [-0.25, -0.2) is 0 Å². The number of carbonyl (C=O) groups is 3. The molecule has 1 unspecified atom stereocenters. The SMILES string of the molecule is O=C(O)CC1(NC(=O)C2CC(=O)N(Cc3ccccc3)C2)CCCC1. The van der Waals surface area contributed by atoms with Crippen LogP contribution in [0.5, 0.6) is 0 Å². The molecule has 1 aliphatic carbocycles. The Bertz CT molecular complexity index is 653. The van der Waals surface area contributed by atoms with Crippen molar-refractivity contribution >= 4 is 17.8 Å². The summed E-state index contributed by atoms with van der Waals surface area (Å²) >= 11 is 0. The van der Waals surface area contributed by atoms with Crippen molar-refractivity contribution in [2.45, 2.75) is 50.6 Å². The molecule has 2 amide bonds. The monoisotopic (exact) mass is 344 g/mol. The van der Waals surface area contributed by atoms with Crippen LogP contribution in [0.4, 0.5) is 0 Å². The van der Waals surface area contributed by atoms with Crippen LogP contribution in [0, 0.1) is 5.92 Å². The fourth-order valence-electron chi connectivity index (χ4n) is 3.96. The number of amides is 2. The normalized spacial score (nSPS) is 22.2. The van der Waals surface area contributed by atoms with E-state index < -0.39 is 17.4 Å². The Kier molecular flexibility index (Phi) is 5.06. The molecule has 1 saturated carbocycles. The molecular weight excluding hydrogens is 320 g/mol. The number of carboxylic acids is 1. The molecule has 1 aromatic rings. The summed E-state index contributed by atoms with van der Waals surface area (Å²) < 4.78 is 0. The Morgan fingerprint density at radius 3 is 2.52 bits per heavy atom. The molecule has 3 rings (SSSR count). The molecular formula is C19H24N2O4. The summed E-state index contributed by atoms with van der Waals surface area (Å²) in [6.07, 6.45) is 3.39. The second-order valence-corrected chi connectivity index (χ2v) is 7.21. The molecule has 0 aromatic heterocycles. The van der Waals surface area contributed by atoms with E-state index in [-0.39, 0.29) is 24.7 Å². The van der Waals surface area contributed by atoms with E-state index in [2.05, 4.69) is 5.32 Å². The quantitative estimate of drug-likeness (QED) is 0.826. The lowest BCUT2D eigenvalue weighted by Crippen LogP contribution is -2.50. The van der Waals surface area contributed by atoms with Crippen molar-refractivity contribution in [2.24, 2.45) is 5.92 Å². The van der Waals surface area contributed by atoms with Gasteiger partial charge in [0.2, 0.25) is 11.8 Å². The number of likely N-dealkylation sites (tertiary alicyclic amines) is 1. The molecule has 1 atom stereocenters. The van der Waals surface area contributed by atoms with Crippen molar-refractivity contribution in [1.29, 1.82) is 0 Å². The molecule has 1 aromatic carbocycles. The first-order chi connectivity index (χ1) is 12.0. The lowest BCUT2D eigenvalue weighted by molar-refractivity contribution is -0.139. The average molecular weight is 344 g/mol. The Morgan fingerprint density at radius 2 is 1.88 bits per heavy atom. The molecule has 6 nitrogen and oxygen atoms in total. The molecule has 2 fully saturated rings. The predicted octanol–water partition coefficient (Wildman–Crippen LogP) is 1.94. The molecule has 1 saturated heterocycles. The van der Waals surface area contributed by atoms with Gasteiger partial charge in [0, 0.05) is 19.5 Å². The van der Waals surface area contributed by atoms with Gasteiger partial charge in [-0.2, -0.15) is 0 Å². The number of nitrogens with zero attached hydrogens (tertiary/aromatic N) is 1. The van der Waals surface area contributed by atoms with E-state index in [1.54, 1.807) is 4.90 Å². The largest absolute Gasteiger partial charge is 0.481 e. The van der Waals surface area contributed by atoms with Gasteiger partial charge in [-0.1, -0.05) is 43.2 Å². The second kappa shape index (κ2) is 7.25. The van der Waals surface area contributed by atoms with E-state index in [9.17, 15) is 14.4 Å². The molecule has 25 heavy (non-hydrogen) atoms. The third kappa shape index (κ3) is 4.18. The fraction of sp³-hybridized carbons (Fsp3) is 0.526. The standard InChI is InChI=1S/C19H24N2O4/c22-16-10-15(13-21(16)12-14-6-2-1-3-7-14)18(25)20-19(11-17(23)24)8-4-5-9-19/h1-3,6-7,15H,4-5,8-13H2,(H,20,25)(H,23,24). The van der Waals surface area contributed by atoms with Gasteiger partial charge in [-0.3, -0.25) is 14.4 Å². The van der Waals surface area contributed by atoms with Crippen LogP contribution < -0.4 is 5.32 Å². The lowest BCUT2D eigenvalue weighted by atomic mass is 9.92. The van der Waals surface area contributed by atoms with Crippen molar-refractivity contribution in [3.63, 3.8) is 0 Å². The maximum Gasteiger partial charge on any atom is 0.305 e. The minimum Gasteiger partial charge on any atom is -0.481 e. The van der Waals surface area contributed by atoms with Crippen LogP contribution in [0.3, 0.4) is 0 Å². The van der Waals surface area contributed by atoms with Gasteiger partial charge < -0.3 is 15.3 Å². The second-order valence-electron chi connectivity index (χ2n) is 7.21. The van der Waals surface area contributed by atoms with Crippen LogP contribution in [-0.4, -0.2) is 39.9 Å². The number of benzene rings is 1. The zero-order valence-corrected chi connectivity index (χ0v) is 14.2. The molecule has 2 N–H and O–H groups in total. The molecule has 0 spiro atoms. The smallest absolute Gasteiger partial charge is 0.305 e. The third-order valence-corrected chi connectivity index (χ3v) is 5.24. The molecule has 1 heterocycles. The van der Waals surface area contributed by atoms with Crippen molar-refractivity contribution in [3.8, 4) is 0 Å². The zero-order chi connectivity index (χ0) is 17.9. The van der Waals surface area contributed by atoms with Crippen molar-refractivity contribution in [2.75, 3.05) is 6.54 Å². The van der Waals surface area contributed by atoms with Gasteiger partial charge in [0.15, 0.2) is 0 Å². The first-order valence-electron chi connectivity index (χ1n) is 8.83. The van der Waals surface area contributed by atoms with Crippen LogP contribution in [0.15, 0.2) is 30.3 Å². The van der Waals surface area contributed by atoms with E-state index in [1.807, 2.05) is 30.3 Å². The van der Waals surface area contributed by atoms with Crippen LogP contribution in [0.2, 0.25) is 0 Å². The van der Waals surface area contributed by atoms with Gasteiger partial charge in [0.1, 0.15) is 0 Å². The Hall–Kier alpha value is -2.37. The highest BCUT2D eigenvalue weighted by Gasteiger charge is 2.41. The molecule has 1 aliphatic heterocycles. The van der Waals surface area contributed by atoms with Gasteiger partial charge in [0.05, 0.1) is 17.9 Å². The summed E-state index contributed by atoms with van der Waals surface area (Å²) in [6, 6.07) is 9.70. The maximum absolute atomic E-state index is 12.6. The molecule has 0 radical (unpaired) electrons. The number of hydrogen-bond acceptors (Lipinski definition) is 3. The van der Waals surface area contributed by atoms with Gasteiger partial charge >= 0.3 is 5.97 Å². The Labute approximate surface area is 147 Å². The summed E-state index contributed by atoms with van der Waals surface area (Å²) in [5.41, 5.74) is 0.397. The molecule has 0 bridgehead atoms. The zero-order valence-electron chi connectivity index (χ0n) is 14.2. The highest BCUT2D eigenvalue weighted by molar-refractivity contribution is 5.89. The highest BCUT2D eigenvalue weighted by Crippen LogP contribution is 2.33. The third-order valence-electron chi connectivity index (χ3n) is 5.24. The summed E-state index contributed by atoms with van der Waals surface area (Å²) in [6.45, 7) is 0.895. The summed E-state index contributed by atoms with van der Waals surface area (Å²) in [5.74, 6) is -1.51. The number of hydrogen-bond donors (Lipinski definition) is 2. The fourth-order valence-corrected chi connectivity index (χ4v) is 3.96. The lowest BCUT2D eigenvalue weighted by Gasteiger charge is -2.30. The predicted molar refractivity (Wildman–Crippen MR) is 91.6 cm³/mol. The van der Waals surface area contributed by atoms with Crippen molar-refractivity contribution in [1.82, 2.24) is 10.2 Å². The van der Waals surface area contributed by atoms with Crippen LogP contribution in [0.1, 0.15) is 44.1 Å². The summed E-state index contributed by atoms with van der Waals surface area (Å²) in [7, 11) is 0. The van der Waals surface area contributed by atoms with Crippen LogP contribution in [-0.2, 0) is 20.9 Å². The van der Waals surface area contributed by atoms with Gasteiger partial charge in [-0.05, 0) is 18.4 Å². The van der Waals surface area contributed by atoms with E-state index in [4.69, 9.17) is 5.11 Å². The van der Waals surface area contributed by atoms with Crippen LogP contribution in [0.25, 0.3) is 0 Å². The minimum absolute atomic E-state index is 0.0253. The van der Waals surface area contributed by atoms with E-state index in [0.717, 1.165) is 18.4 Å². The Balaban J connectivity index is 1.61. The van der Waals surface area contributed by atoms with E-state index >= 15 is 0 Å². The highest BCUT2D eigenvalue weighted by atomic mass is 16.4. The minimum atomic E-state index is -0.893. The number of carboxylic acid groups (broad SMARTS) is 1. The number of nitrogens with one attached hydrogen (secondary N) is 1. The van der Waals surface area contributed by atoms with E-state index in [0.29, 0.717) is 25.9 Å². The molecule has 134 valence electrons. The molecule has 6 heteroatoms. The van der Waals surface area contributed by atoms with Gasteiger partial charge in [0.25, 0.3) is 0 Å². The summed E-state index contributed by atoms with van der Waals surface area (Å²) in [5, 5.41) is 12.1. The summed E-state index contributed by atoms with van der Waals surface area (Å²) in [4.78, 5) is 37.8. The number of aliphatic carboxylic acids is 1. The van der Waals surface area contributed by atoms with Crippen molar-refractivity contribution in [3.05, 3.63) is 35.9 Å². The topological polar surface area (TPSA) is 86.7 Å². The average Bonchev–Trinajstić information content (AvgIpc) is 3.15. The Morgan fingerprint density at radius 1 is 1.20 bits per heavy atom. The molecule has 2 aliphatic rings. The number of carbonyl (C=O) groups excluding carboxylic acids is 2. The first-order valence-corrected chi connectivity index (χ1v) is 8.83. The maximum atomic E-state index is 12.6. The van der Waals surface area contributed by atoms with Gasteiger partial charge in [-0.15, -0.1) is 0 Å². The first kappa shape index (κ1) is 17.5.